The molecule has 0 N–H and O–H groups in total. The van der Waals surface area contributed by atoms with E-state index in [2.05, 4.69) is 52.0 Å². The lowest BCUT2D eigenvalue weighted by molar-refractivity contribution is -0.0181. The Labute approximate surface area is 124 Å². The lowest BCUT2D eigenvalue weighted by Gasteiger charge is -2.54. The Hall–Kier alpha value is -0.740. The molecule has 0 aliphatic heterocycles. The second-order valence-corrected chi connectivity index (χ2v) is 7.87. The van der Waals surface area contributed by atoms with Gasteiger partial charge in [0.25, 0.3) is 0 Å². The number of benzene rings is 1. The first-order chi connectivity index (χ1) is 9.21. The molecule has 5 rings (SSSR count). The van der Waals surface area contributed by atoms with E-state index < -0.39 is 0 Å². The van der Waals surface area contributed by atoms with E-state index >= 15 is 0 Å². The van der Waals surface area contributed by atoms with Gasteiger partial charge in [0.05, 0.1) is 0 Å². The molecule has 0 radical (unpaired) electrons. The normalized spacial score (nSPS) is 38.9. The van der Waals surface area contributed by atoms with Gasteiger partial charge >= 0.3 is 0 Å². The van der Waals surface area contributed by atoms with Gasteiger partial charge in [0.1, 0.15) is 0 Å². The Bertz CT molecular complexity index is 508. The molecular weight excluding hydrogens is 296 g/mol. The second kappa shape index (κ2) is 4.38. The summed E-state index contributed by atoms with van der Waals surface area (Å²) in [6.07, 6.45) is 8.63. The summed E-state index contributed by atoms with van der Waals surface area (Å²) in [6.45, 7) is 0. The minimum Gasteiger partial charge on any atom is -0.0911 e. The molecule has 4 saturated carbocycles. The smallest absolute Gasteiger partial charge is 0.0326 e. The SMILES string of the molecule is Brc1ccc(C#CC23CC4CC(CC(C4)C2)C3)cc1. The molecule has 1 aromatic carbocycles. The van der Waals surface area contributed by atoms with Crippen LogP contribution in [-0.4, -0.2) is 0 Å². The third-order valence-corrected chi connectivity index (χ3v) is 5.88. The number of halogens is 1. The first-order valence-corrected chi connectivity index (χ1v) is 8.29. The van der Waals surface area contributed by atoms with Crippen molar-refractivity contribution in [1.29, 1.82) is 0 Å². The Morgan fingerprint density at radius 2 is 1.42 bits per heavy atom. The van der Waals surface area contributed by atoms with Gasteiger partial charge in [0.15, 0.2) is 0 Å². The van der Waals surface area contributed by atoms with E-state index in [4.69, 9.17) is 0 Å². The maximum Gasteiger partial charge on any atom is 0.0326 e. The third kappa shape index (κ3) is 2.25. The number of hydrogen-bond donors (Lipinski definition) is 0. The van der Waals surface area contributed by atoms with Gasteiger partial charge in [-0.3, -0.25) is 0 Å². The van der Waals surface area contributed by atoms with Crippen LogP contribution in [0.25, 0.3) is 0 Å². The fourth-order valence-corrected chi connectivity index (χ4v) is 5.27. The first kappa shape index (κ1) is 12.0. The average Bonchev–Trinajstić information content (AvgIpc) is 2.36. The fraction of sp³-hybridized carbons (Fsp3) is 0.556. The van der Waals surface area contributed by atoms with E-state index in [0.717, 1.165) is 22.2 Å². The Morgan fingerprint density at radius 1 is 0.895 bits per heavy atom. The predicted octanol–water partition coefficient (Wildman–Crippen LogP) is 5.02. The summed E-state index contributed by atoms with van der Waals surface area (Å²) in [5.41, 5.74) is 1.54. The second-order valence-electron chi connectivity index (χ2n) is 6.95. The van der Waals surface area contributed by atoms with Crippen LogP contribution in [-0.2, 0) is 0 Å². The van der Waals surface area contributed by atoms with Gasteiger partial charge in [-0.05, 0) is 80.5 Å². The van der Waals surface area contributed by atoms with Gasteiger partial charge in [-0.2, -0.15) is 0 Å². The number of rotatable bonds is 0. The average molecular weight is 315 g/mol. The van der Waals surface area contributed by atoms with Crippen molar-refractivity contribution in [3.63, 3.8) is 0 Å². The number of hydrogen-bond acceptors (Lipinski definition) is 0. The summed E-state index contributed by atoms with van der Waals surface area (Å²) < 4.78 is 1.13. The zero-order valence-corrected chi connectivity index (χ0v) is 12.7. The minimum atomic E-state index is 0.377. The monoisotopic (exact) mass is 314 g/mol. The highest BCUT2D eigenvalue weighted by atomic mass is 79.9. The van der Waals surface area contributed by atoms with Crippen LogP contribution in [0.3, 0.4) is 0 Å². The quantitative estimate of drug-likeness (QED) is 0.590. The van der Waals surface area contributed by atoms with E-state index in [1.807, 2.05) is 0 Å². The van der Waals surface area contributed by atoms with E-state index in [-0.39, 0.29) is 0 Å². The molecule has 0 nitrogen and oxygen atoms in total. The summed E-state index contributed by atoms with van der Waals surface area (Å²) in [5.74, 6) is 10.1. The van der Waals surface area contributed by atoms with Crippen LogP contribution in [0.2, 0.25) is 0 Å². The molecule has 1 heteroatoms. The lowest BCUT2D eigenvalue weighted by atomic mass is 9.50. The van der Waals surface area contributed by atoms with E-state index in [1.54, 1.807) is 0 Å². The molecule has 0 heterocycles. The Morgan fingerprint density at radius 3 is 1.95 bits per heavy atom. The molecule has 4 bridgehead atoms. The molecule has 19 heavy (non-hydrogen) atoms. The molecule has 4 fully saturated rings. The van der Waals surface area contributed by atoms with Crippen LogP contribution >= 0.6 is 15.9 Å². The maximum atomic E-state index is 3.70. The van der Waals surface area contributed by atoms with Crippen molar-refractivity contribution in [2.24, 2.45) is 23.2 Å². The standard InChI is InChI=1S/C18H19Br/c19-17-3-1-13(2-4-17)5-6-18-10-14-7-15(11-18)9-16(8-14)12-18/h1-4,14-16H,7-12H2. The third-order valence-electron chi connectivity index (χ3n) is 5.35. The maximum absolute atomic E-state index is 3.70. The largest absolute Gasteiger partial charge is 0.0911 e. The lowest BCUT2D eigenvalue weighted by Crippen LogP contribution is -2.45. The summed E-state index contributed by atoms with van der Waals surface area (Å²) >= 11 is 3.48. The molecule has 0 unspecified atom stereocenters. The zero-order valence-electron chi connectivity index (χ0n) is 11.2. The van der Waals surface area contributed by atoms with Crippen LogP contribution in [0, 0.1) is 35.0 Å². The van der Waals surface area contributed by atoms with Gasteiger partial charge in [-0.25, -0.2) is 0 Å². The molecule has 4 aliphatic carbocycles. The van der Waals surface area contributed by atoms with Crippen molar-refractivity contribution < 1.29 is 0 Å². The molecule has 4 aliphatic rings. The molecule has 0 amide bonds. The van der Waals surface area contributed by atoms with Crippen LogP contribution in [0.4, 0.5) is 0 Å². The van der Waals surface area contributed by atoms with Gasteiger partial charge in [-0.1, -0.05) is 27.8 Å². The van der Waals surface area contributed by atoms with Crippen molar-refractivity contribution in [2.45, 2.75) is 38.5 Å². The summed E-state index contributed by atoms with van der Waals surface area (Å²) in [7, 11) is 0. The van der Waals surface area contributed by atoms with E-state index in [9.17, 15) is 0 Å². The fourth-order valence-electron chi connectivity index (χ4n) is 5.00. The Balaban J connectivity index is 1.61. The van der Waals surface area contributed by atoms with Crippen LogP contribution in [0.15, 0.2) is 28.7 Å². The molecule has 0 atom stereocenters. The van der Waals surface area contributed by atoms with Gasteiger partial charge in [0, 0.05) is 15.5 Å². The minimum absolute atomic E-state index is 0.377. The molecule has 0 aromatic heterocycles. The molecule has 0 saturated heterocycles. The summed E-state index contributed by atoms with van der Waals surface area (Å²) in [4.78, 5) is 0. The van der Waals surface area contributed by atoms with Crippen LogP contribution < -0.4 is 0 Å². The molecule has 0 spiro atoms. The van der Waals surface area contributed by atoms with Crippen LogP contribution in [0.1, 0.15) is 44.1 Å². The summed E-state index contributed by atoms with van der Waals surface area (Å²) in [5, 5.41) is 0. The molecule has 98 valence electrons. The highest BCUT2D eigenvalue weighted by molar-refractivity contribution is 9.10. The van der Waals surface area contributed by atoms with Crippen molar-refractivity contribution >= 4 is 15.9 Å². The summed E-state index contributed by atoms with van der Waals surface area (Å²) in [6, 6.07) is 8.42. The van der Waals surface area contributed by atoms with Crippen molar-refractivity contribution in [3.05, 3.63) is 34.3 Å². The highest BCUT2D eigenvalue weighted by Crippen LogP contribution is 2.59. The van der Waals surface area contributed by atoms with Crippen LogP contribution in [0.5, 0.6) is 0 Å². The van der Waals surface area contributed by atoms with Crippen molar-refractivity contribution in [3.8, 4) is 11.8 Å². The van der Waals surface area contributed by atoms with Crippen molar-refractivity contribution in [2.75, 3.05) is 0 Å². The zero-order chi connectivity index (χ0) is 12.9. The van der Waals surface area contributed by atoms with Crippen molar-refractivity contribution in [1.82, 2.24) is 0 Å². The molecule has 1 aromatic rings. The predicted molar refractivity (Wildman–Crippen MR) is 81.6 cm³/mol. The van der Waals surface area contributed by atoms with Gasteiger partial charge in [-0.15, -0.1) is 0 Å². The van der Waals surface area contributed by atoms with Gasteiger partial charge in [0.2, 0.25) is 0 Å². The first-order valence-electron chi connectivity index (χ1n) is 7.50. The van der Waals surface area contributed by atoms with Gasteiger partial charge < -0.3 is 0 Å². The topological polar surface area (TPSA) is 0 Å². The Kier molecular flexibility index (Phi) is 2.78. The highest BCUT2D eigenvalue weighted by Gasteiger charge is 2.50. The van der Waals surface area contributed by atoms with E-state index in [0.29, 0.717) is 5.41 Å². The molecular formula is C18H19Br. The van der Waals surface area contributed by atoms with E-state index in [1.165, 1.54) is 44.1 Å².